The van der Waals surface area contributed by atoms with Crippen molar-refractivity contribution < 1.29 is 18.7 Å². The molecule has 1 aliphatic carbocycles. The average Bonchev–Trinajstić information content (AvgIpc) is 3.48. The second kappa shape index (κ2) is 10.2. The monoisotopic (exact) mass is 443 g/mol. The summed E-state index contributed by atoms with van der Waals surface area (Å²) in [5.74, 6) is -2.44. The summed E-state index contributed by atoms with van der Waals surface area (Å²) < 4.78 is 26.8. The van der Waals surface area contributed by atoms with Crippen molar-refractivity contribution in [3.05, 3.63) is 70.8 Å². The van der Waals surface area contributed by atoms with Crippen molar-refractivity contribution in [2.45, 2.75) is 57.0 Å². The summed E-state index contributed by atoms with van der Waals surface area (Å²) in [6.45, 7) is -0.000546. The smallest absolute Gasteiger partial charge is 0.280 e. The quantitative estimate of drug-likeness (QED) is 0.360. The van der Waals surface area contributed by atoms with Gasteiger partial charge in [-0.25, -0.2) is 19.6 Å². The van der Waals surface area contributed by atoms with Crippen LogP contribution in [0.1, 0.15) is 59.6 Å². The first-order valence-electron chi connectivity index (χ1n) is 10.8. The predicted octanol–water partition coefficient (Wildman–Crippen LogP) is 2.64. The molecular formula is C23H27F2N5O2. The van der Waals surface area contributed by atoms with E-state index in [1.165, 1.54) is 6.07 Å². The minimum Gasteiger partial charge on any atom is -0.392 e. The molecule has 1 saturated heterocycles. The first kappa shape index (κ1) is 22.3. The zero-order valence-electron chi connectivity index (χ0n) is 17.6. The van der Waals surface area contributed by atoms with Crippen LogP contribution in [0.2, 0.25) is 0 Å². The highest BCUT2D eigenvalue weighted by Gasteiger charge is 2.27. The minimum absolute atomic E-state index is 0.000546. The Morgan fingerprint density at radius 1 is 1.03 bits per heavy atom. The minimum atomic E-state index is -1.08. The number of aliphatic imine (C=N–C) groups is 1. The largest absolute Gasteiger partial charge is 0.392 e. The highest BCUT2D eigenvalue weighted by Crippen LogP contribution is 2.22. The molecule has 2 unspecified atom stereocenters. The van der Waals surface area contributed by atoms with E-state index >= 15 is 0 Å². The number of carbonyl (C=O) groups is 1. The molecule has 32 heavy (non-hydrogen) atoms. The molecule has 1 aliphatic heterocycles. The van der Waals surface area contributed by atoms with Crippen molar-refractivity contribution in [2.75, 3.05) is 0 Å². The number of nitrogens with zero attached hydrogens (tertiary/aromatic N) is 1. The lowest BCUT2D eigenvalue weighted by atomic mass is 10.0. The van der Waals surface area contributed by atoms with Crippen molar-refractivity contribution in [3.8, 4) is 0 Å². The van der Waals surface area contributed by atoms with Gasteiger partial charge in [0.05, 0.1) is 12.8 Å². The number of nitrogens with one attached hydrogen (secondary N) is 4. The van der Waals surface area contributed by atoms with Gasteiger partial charge in [0.25, 0.3) is 5.91 Å². The summed E-state index contributed by atoms with van der Waals surface area (Å²) in [7, 11) is 0. The maximum atomic E-state index is 13.5. The van der Waals surface area contributed by atoms with Gasteiger partial charge in [-0.15, -0.1) is 0 Å². The van der Waals surface area contributed by atoms with Gasteiger partial charge in [0.1, 0.15) is 0 Å². The molecule has 0 aromatic heterocycles. The Morgan fingerprint density at radius 2 is 1.78 bits per heavy atom. The van der Waals surface area contributed by atoms with E-state index in [9.17, 15) is 18.7 Å². The molecule has 5 N–H and O–H groups in total. The number of amides is 1. The highest BCUT2D eigenvalue weighted by molar-refractivity contribution is 6.02. The number of guanidine groups is 1. The van der Waals surface area contributed by atoms with Crippen LogP contribution in [-0.2, 0) is 6.61 Å². The number of benzene rings is 2. The normalized spacial score (nSPS) is 21.7. The number of halogens is 2. The van der Waals surface area contributed by atoms with Gasteiger partial charge >= 0.3 is 0 Å². The highest BCUT2D eigenvalue weighted by atomic mass is 19.2. The van der Waals surface area contributed by atoms with Crippen molar-refractivity contribution in [2.24, 2.45) is 4.99 Å². The van der Waals surface area contributed by atoms with Crippen LogP contribution in [0.25, 0.3) is 0 Å². The van der Waals surface area contributed by atoms with Crippen LogP contribution >= 0.6 is 0 Å². The number of aliphatic hydroxyl groups excluding tert-OH is 1. The van der Waals surface area contributed by atoms with E-state index in [1.807, 2.05) is 24.3 Å². The fraction of sp³-hybridized carbons (Fsp3) is 0.391. The lowest BCUT2D eigenvalue weighted by Gasteiger charge is -2.20. The van der Waals surface area contributed by atoms with Gasteiger partial charge in [0, 0.05) is 24.1 Å². The number of hydrogen-bond donors (Lipinski definition) is 5. The number of hydrazine groups is 1. The third-order valence-electron chi connectivity index (χ3n) is 5.85. The van der Waals surface area contributed by atoms with Gasteiger partial charge < -0.3 is 15.7 Å². The van der Waals surface area contributed by atoms with Crippen LogP contribution in [-0.4, -0.2) is 29.2 Å². The Hall–Kier alpha value is -2.88. The standard InChI is InChI=1S/C23H27F2N5O2/c24-18-10-9-16(11-19(18)25)22(32)28-23(26-17-3-1-2-4-17)27-21-12-20(29-30-21)15-7-5-14(13-31)6-8-15/h5-11,17,20-21,29-31H,1-4,12-13H2,(H2,26,27,28,32). The van der Waals surface area contributed by atoms with Gasteiger partial charge in [-0.2, -0.15) is 4.99 Å². The summed E-state index contributed by atoms with van der Waals surface area (Å²) in [6.07, 6.45) is 4.66. The van der Waals surface area contributed by atoms with Crippen LogP contribution in [0, 0.1) is 11.6 Å². The van der Waals surface area contributed by atoms with E-state index in [2.05, 4.69) is 26.5 Å². The zero-order valence-corrected chi connectivity index (χ0v) is 17.6. The maximum absolute atomic E-state index is 13.5. The third-order valence-corrected chi connectivity index (χ3v) is 5.85. The average molecular weight is 443 g/mol. The predicted molar refractivity (Wildman–Crippen MR) is 116 cm³/mol. The molecule has 2 atom stereocenters. The SMILES string of the molecule is O=C(/N=C(/NC1CCCC1)NC1CC(c2ccc(CO)cc2)NN1)c1ccc(F)c(F)c1. The second-order valence-electron chi connectivity index (χ2n) is 8.19. The molecule has 0 bridgehead atoms. The van der Waals surface area contributed by atoms with Gasteiger partial charge in [0.15, 0.2) is 11.6 Å². The van der Waals surface area contributed by atoms with Gasteiger partial charge in [-0.05, 0) is 42.2 Å². The van der Waals surface area contributed by atoms with Gasteiger partial charge in [-0.3, -0.25) is 4.79 Å². The molecule has 2 aromatic carbocycles. The first-order valence-corrected chi connectivity index (χ1v) is 10.8. The van der Waals surface area contributed by atoms with E-state index in [4.69, 9.17) is 0 Å². The van der Waals surface area contributed by atoms with Crippen molar-refractivity contribution in [1.29, 1.82) is 0 Å². The summed E-state index contributed by atoms with van der Waals surface area (Å²) >= 11 is 0. The second-order valence-corrected chi connectivity index (χ2v) is 8.19. The maximum Gasteiger partial charge on any atom is 0.280 e. The van der Waals surface area contributed by atoms with E-state index in [1.54, 1.807) is 0 Å². The third kappa shape index (κ3) is 5.48. The van der Waals surface area contributed by atoms with Crippen molar-refractivity contribution >= 4 is 11.9 Å². The lowest BCUT2D eigenvalue weighted by Crippen LogP contribution is -2.51. The van der Waals surface area contributed by atoms with Crippen molar-refractivity contribution in [3.63, 3.8) is 0 Å². The van der Waals surface area contributed by atoms with Crippen LogP contribution in [0.15, 0.2) is 47.5 Å². The molecule has 170 valence electrons. The van der Waals surface area contributed by atoms with Crippen LogP contribution in [0.4, 0.5) is 8.78 Å². The number of aliphatic hydroxyl groups is 1. The molecule has 1 amide bonds. The Bertz CT molecular complexity index is 977. The van der Waals surface area contributed by atoms with E-state index in [0.717, 1.165) is 48.9 Å². The molecular weight excluding hydrogens is 416 g/mol. The number of carbonyl (C=O) groups excluding carboxylic acids is 1. The zero-order chi connectivity index (χ0) is 22.5. The fourth-order valence-corrected chi connectivity index (χ4v) is 4.05. The molecule has 1 heterocycles. The Balaban J connectivity index is 1.45. The van der Waals surface area contributed by atoms with Crippen LogP contribution in [0.5, 0.6) is 0 Å². The summed E-state index contributed by atoms with van der Waals surface area (Å²) in [5, 5.41) is 15.7. The van der Waals surface area contributed by atoms with Crippen LogP contribution in [0.3, 0.4) is 0 Å². The molecule has 7 nitrogen and oxygen atoms in total. The topological polar surface area (TPSA) is 97.8 Å². The van der Waals surface area contributed by atoms with Gasteiger partial charge in [0.2, 0.25) is 5.96 Å². The first-order chi connectivity index (χ1) is 15.5. The van der Waals surface area contributed by atoms with E-state index in [-0.39, 0.29) is 30.4 Å². The molecule has 0 spiro atoms. The van der Waals surface area contributed by atoms with Gasteiger partial charge in [-0.1, -0.05) is 37.1 Å². The van der Waals surface area contributed by atoms with E-state index in [0.29, 0.717) is 12.4 Å². The Morgan fingerprint density at radius 3 is 2.47 bits per heavy atom. The molecule has 4 rings (SSSR count). The molecule has 1 saturated carbocycles. The summed E-state index contributed by atoms with van der Waals surface area (Å²) in [5.41, 5.74) is 8.29. The number of rotatable bonds is 5. The fourth-order valence-electron chi connectivity index (χ4n) is 4.05. The molecule has 9 heteroatoms. The summed E-state index contributed by atoms with van der Waals surface area (Å²) in [4.78, 5) is 16.7. The number of hydrogen-bond acceptors (Lipinski definition) is 4. The molecule has 0 radical (unpaired) electrons. The Labute approximate surface area is 185 Å². The van der Waals surface area contributed by atoms with E-state index < -0.39 is 17.5 Å². The molecule has 2 aliphatic rings. The van der Waals surface area contributed by atoms with Crippen LogP contribution < -0.4 is 21.5 Å². The summed E-state index contributed by atoms with van der Waals surface area (Å²) in [6, 6.07) is 10.9. The van der Waals surface area contributed by atoms with Crippen molar-refractivity contribution in [1.82, 2.24) is 21.5 Å². The Kier molecular flexibility index (Phi) is 7.09. The lowest BCUT2D eigenvalue weighted by molar-refractivity contribution is 0.100. The molecule has 2 fully saturated rings. The molecule has 2 aromatic rings.